The number of aromatic hydroxyl groups is 1. The van der Waals surface area contributed by atoms with E-state index in [1.54, 1.807) is 0 Å². The van der Waals surface area contributed by atoms with Crippen LogP contribution in [0.5, 0.6) is 5.75 Å². The molecule has 4 amide bonds. The number of rotatable bonds is 14. The van der Waals surface area contributed by atoms with Crippen LogP contribution in [-0.2, 0) is 30.4 Å². The summed E-state index contributed by atoms with van der Waals surface area (Å²) in [7, 11) is 0. The van der Waals surface area contributed by atoms with Crippen LogP contribution in [0.3, 0.4) is 0 Å². The summed E-state index contributed by atoms with van der Waals surface area (Å²) in [5.41, 5.74) is 11.1. The molecule has 0 fully saturated rings. The van der Waals surface area contributed by atoms with E-state index in [4.69, 9.17) is 26.8 Å². The Hall–Kier alpha value is -3.75. The highest BCUT2D eigenvalue weighted by molar-refractivity contribution is 5.94. The molecule has 0 saturated heterocycles. The summed E-state index contributed by atoms with van der Waals surface area (Å²) in [5.74, 6) is -5.08. The van der Waals surface area contributed by atoms with Gasteiger partial charge in [0.25, 0.3) is 0 Å². The number of carboxylic acid groups (broad SMARTS) is 1. The number of phenolic OH excluding ortho intramolecular Hbond substituents is 1. The quantitative estimate of drug-likeness (QED) is 0.124. The van der Waals surface area contributed by atoms with Crippen LogP contribution >= 0.6 is 0 Å². The van der Waals surface area contributed by atoms with Crippen LogP contribution < -0.4 is 27.4 Å². The van der Waals surface area contributed by atoms with Gasteiger partial charge in [-0.2, -0.15) is 0 Å². The second kappa shape index (κ2) is 13.7. The van der Waals surface area contributed by atoms with E-state index in [9.17, 15) is 29.1 Å². The SMILES string of the molecule is NC(=O)CCC(NC(=O)C(Cc1ccc(O)cc1)NC(=O)C(N)CO)C(=O)NC(CO)C(=O)O. The van der Waals surface area contributed by atoms with Crippen LogP contribution in [0.2, 0.25) is 0 Å². The molecular formula is C20H29N5O9. The normalized spacial score (nSPS) is 14.2. The highest BCUT2D eigenvalue weighted by Gasteiger charge is 2.30. The number of nitrogens with one attached hydrogen (secondary N) is 3. The number of aliphatic carboxylic acids is 1. The zero-order valence-electron chi connectivity index (χ0n) is 18.1. The fourth-order valence-electron chi connectivity index (χ4n) is 2.72. The van der Waals surface area contributed by atoms with E-state index < -0.39 is 67.0 Å². The van der Waals surface area contributed by atoms with Crippen molar-refractivity contribution < 1.29 is 44.4 Å². The molecule has 0 heterocycles. The van der Waals surface area contributed by atoms with E-state index in [0.29, 0.717) is 5.56 Å². The van der Waals surface area contributed by atoms with Crippen molar-refractivity contribution >= 4 is 29.6 Å². The first-order valence-electron chi connectivity index (χ1n) is 10.2. The van der Waals surface area contributed by atoms with E-state index in [0.717, 1.165) is 0 Å². The standard InChI is InChI=1S/C20H29N5O9/c21-12(8-26)17(30)24-14(7-10-1-3-11(28)4-2-10)19(32)23-13(5-6-16(22)29)18(31)25-15(9-27)20(33)34/h1-4,12-15,26-28H,5-9,21H2,(H2,22,29)(H,23,32)(H,24,30)(H,25,31)(H,33,34). The summed E-state index contributed by atoms with van der Waals surface area (Å²) in [4.78, 5) is 60.0. The van der Waals surface area contributed by atoms with Crippen molar-refractivity contribution in [2.45, 2.75) is 43.4 Å². The van der Waals surface area contributed by atoms with Crippen molar-refractivity contribution in [2.75, 3.05) is 13.2 Å². The highest BCUT2D eigenvalue weighted by atomic mass is 16.4. The molecule has 11 N–H and O–H groups in total. The molecule has 1 aromatic carbocycles. The lowest BCUT2D eigenvalue weighted by atomic mass is 10.0. The minimum Gasteiger partial charge on any atom is -0.508 e. The van der Waals surface area contributed by atoms with Crippen molar-refractivity contribution in [2.24, 2.45) is 11.5 Å². The van der Waals surface area contributed by atoms with Gasteiger partial charge in [0.1, 0.15) is 29.9 Å². The van der Waals surface area contributed by atoms with Gasteiger partial charge in [-0.3, -0.25) is 19.2 Å². The number of carbonyl (C=O) groups excluding carboxylic acids is 4. The van der Waals surface area contributed by atoms with Gasteiger partial charge < -0.3 is 47.8 Å². The molecule has 0 spiro atoms. The van der Waals surface area contributed by atoms with E-state index in [2.05, 4.69) is 10.6 Å². The number of amides is 4. The number of carbonyl (C=O) groups is 5. The van der Waals surface area contributed by atoms with E-state index in [-0.39, 0.29) is 25.0 Å². The highest BCUT2D eigenvalue weighted by Crippen LogP contribution is 2.12. The Morgan fingerprint density at radius 3 is 1.85 bits per heavy atom. The summed E-state index contributed by atoms with van der Waals surface area (Å²) in [6.07, 6.45) is -0.727. The average Bonchev–Trinajstić information content (AvgIpc) is 2.79. The van der Waals surface area contributed by atoms with Crippen LogP contribution in [0.25, 0.3) is 0 Å². The number of phenols is 1. The molecular weight excluding hydrogens is 454 g/mol. The van der Waals surface area contributed by atoms with Crippen molar-refractivity contribution in [1.29, 1.82) is 0 Å². The second-order valence-corrected chi connectivity index (χ2v) is 7.37. The number of carboxylic acids is 1. The Balaban J connectivity index is 3.10. The van der Waals surface area contributed by atoms with Crippen LogP contribution in [0.4, 0.5) is 0 Å². The topological polar surface area (TPSA) is 254 Å². The van der Waals surface area contributed by atoms with E-state index in [1.807, 2.05) is 5.32 Å². The van der Waals surface area contributed by atoms with Gasteiger partial charge in [0.2, 0.25) is 23.6 Å². The summed E-state index contributed by atoms with van der Waals surface area (Å²) < 4.78 is 0. The fourth-order valence-corrected chi connectivity index (χ4v) is 2.72. The van der Waals surface area contributed by atoms with Gasteiger partial charge in [-0.15, -0.1) is 0 Å². The summed E-state index contributed by atoms with van der Waals surface area (Å²) in [6, 6.07) is -0.0233. The number of primary amides is 1. The molecule has 0 saturated carbocycles. The molecule has 0 aromatic heterocycles. The summed E-state index contributed by atoms with van der Waals surface area (Å²) in [5, 5.41) is 43.4. The number of hydrogen-bond acceptors (Lipinski definition) is 9. The largest absolute Gasteiger partial charge is 0.508 e. The Morgan fingerprint density at radius 2 is 1.35 bits per heavy atom. The average molecular weight is 483 g/mol. The Bertz CT molecular complexity index is 878. The number of nitrogens with two attached hydrogens (primary N) is 2. The van der Waals surface area contributed by atoms with Gasteiger partial charge in [0, 0.05) is 12.8 Å². The van der Waals surface area contributed by atoms with Crippen LogP contribution in [0.1, 0.15) is 18.4 Å². The lowest BCUT2D eigenvalue weighted by Gasteiger charge is -2.24. The van der Waals surface area contributed by atoms with Crippen LogP contribution in [0, 0.1) is 0 Å². The third-order valence-corrected chi connectivity index (χ3v) is 4.65. The molecule has 1 rings (SSSR count). The Kier molecular flexibility index (Phi) is 11.4. The van der Waals surface area contributed by atoms with Crippen molar-refractivity contribution in [3.05, 3.63) is 29.8 Å². The van der Waals surface area contributed by atoms with Crippen molar-refractivity contribution in [3.8, 4) is 5.75 Å². The fraction of sp³-hybridized carbons (Fsp3) is 0.450. The van der Waals surface area contributed by atoms with Gasteiger partial charge >= 0.3 is 5.97 Å². The van der Waals surface area contributed by atoms with Gasteiger partial charge in [0.05, 0.1) is 13.2 Å². The third kappa shape index (κ3) is 9.40. The van der Waals surface area contributed by atoms with Crippen LogP contribution in [-0.4, -0.2) is 87.4 Å². The molecule has 0 bridgehead atoms. The summed E-state index contributed by atoms with van der Waals surface area (Å²) in [6.45, 7) is -1.61. The lowest BCUT2D eigenvalue weighted by molar-refractivity contribution is -0.143. The maximum absolute atomic E-state index is 13.0. The lowest BCUT2D eigenvalue weighted by Crippen LogP contribution is -2.58. The molecule has 0 aliphatic rings. The zero-order chi connectivity index (χ0) is 25.8. The smallest absolute Gasteiger partial charge is 0.328 e. The molecule has 4 unspecified atom stereocenters. The minimum absolute atomic E-state index is 0.0313. The number of hydrogen-bond donors (Lipinski definition) is 9. The monoisotopic (exact) mass is 483 g/mol. The molecule has 4 atom stereocenters. The van der Waals surface area contributed by atoms with Gasteiger partial charge in [-0.1, -0.05) is 12.1 Å². The second-order valence-electron chi connectivity index (χ2n) is 7.37. The first-order chi connectivity index (χ1) is 16.0. The number of aliphatic hydroxyl groups is 2. The summed E-state index contributed by atoms with van der Waals surface area (Å²) >= 11 is 0. The first-order valence-corrected chi connectivity index (χ1v) is 10.2. The first kappa shape index (κ1) is 28.3. The Morgan fingerprint density at radius 1 is 0.824 bits per heavy atom. The van der Waals surface area contributed by atoms with Crippen molar-refractivity contribution in [1.82, 2.24) is 16.0 Å². The van der Waals surface area contributed by atoms with Crippen molar-refractivity contribution in [3.63, 3.8) is 0 Å². The van der Waals surface area contributed by atoms with Gasteiger partial charge in [0.15, 0.2) is 0 Å². The molecule has 34 heavy (non-hydrogen) atoms. The molecule has 188 valence electrons. The molecule has 0 radical (unpaired) electrons. The van der Waals surface area contributed by atoms with Gasteiger partial charge in [-0.25, -0.2) is 4.79 Å². The maximum atomic E-state index is 13.0. The van der Waals surface area contributed by atoms with Gasteiger partial charge in [-0.05, 0) is 24.1 Å². The maximum Gasteiger partial charge on any atom is 0.328 e. The van der Waals surface area contributed by atoms with Crippen LogP contribution in [0.15, 0.2) is 24.3 Å². The minimum atomic E-state index is -1.66. The molecule has 14 nitrogen and oxygen atoms in total. The Labute approximate surface area is 194 Å². The number of benzene rings is 1. The predicted molar refractivity (Wildman–Crippen MR) is 116 cm³/mol. The molecule has 1 aromatic rings. The molecule has 0 aliphatic heterocycles. The van der Waals surface area contributed by atoms with E-state index in [1.165, 1.54) is 24.3 Å². The predicted octanol–water partition coefficient (Wildman–Crippen LogP) is -3.95. The molecule has 14 heteroatoms. The van der Waals surface area contributed by atoms with E-state index >= 15 is 0 Å². The third-order valence-electron chi connectivity index (χ3n) is 4.65. The number of aliphatic hydroxyl groups excluding tert-OH is 2. The zero-order valence-corrected chi connectivity index (χ0v) is 18.1. The molecule has 0 aliphatic carbocycles.